The van der Waals surface area contributed by atoms with Crippen molar-refractivity contribution in [3.05, 3.63) is 70.9 Å². The number of aromatic carboxylic acids is 1. The van der Waals surface area contributed by atoms with Gasteiger partial charge in [0, 0.05) is 13.1 Å². The van der Waals surface area contributed by atoms with Crippen LogP contribution in [0, 0.1) is 0 Å². The van der Waals surface area contributed by atoms with Crippen molar-refractivity contribution in [2.24, 2.45) is 0 Å². The maximum atomic E-state index is 14.5. The van der Waals surface area contributed by atoms with E-state index in [-0.39, 0.29) is 23.1 Å². The van der Waals surface area contributed by atoms with Crippen molar-refractivity contribution in [2.45, 2.75) is 31.4 Å². The SMILES string of the molecule is COc1cc(C(=O)O)ccc1Nc1ncc(C(C)(F)F)c(NC2Cc3ccccc3C2NS(C)(=O)=O)n1. The number of hydrogen-bond donors (Lipinski definition) is 4. The van der Waals surface area contributed by atoms with E-state index >= 15 is 0 Å². The van der Waals surface area contributed by atoms with Crippen molar-refractivity contribution in [1.82, 2.24) is 14.7 Å². The molecule has 1 heterocycles. The fourth-order valence-electron chi connectivity index (χ4n) is 4.20. The van der Waals surface area contributed by atoms with Gasteiger partial charge in [0.1, 0.15) is 11.6 Å². The van der Waals surface area contributed by atoms with Crippen LogP contribution in [-0.2, 0) is 22.4 Å². The summed E-state index contributed by atoms with van der Waals surface area (Å²) in [5, 5.41) is 15.1. The first-order valence-corrected chi connectivity index (χ1v) is 13.0. The Hall–Kier alpha value is -3.84. The summed E-state index contributed by atoms with van der Waals surface area (Å²) in [5.41, 5.74) is 1.46. The number of halogens is 2. The Morgan fingerprint density at radius 2 is 1.95 bits per heavy atom. The maximum Gasteiger partial charge on any atom is 0.335 e. The lowest BCUT2D eigenvalue weighted by Gasteiger charge is -2.25. The van der Waals surface area contributed by atoms with Crippen molar-refractivity contribution < 1.29 is 31.8 Å². The number of carbonyl (C=O) groups is 1. The summed E-state index contributed by atoms with van der Waals surface area (Å²) in [7, 11) is -2.26. The second-order valence-electron chi connectivity index (χ2n) is 8.71. The largest absolute Gasteiger partial charge is 0.495 e. The zero-order chi connectivity index (χ0) is 27.0. The molecule has 0 bridgehead atoms. The number of carboxylic acids is 1. The van der Waals surface area contributed by atoms with Crippen LogP contribution in [0.4, 0.5) is 26.2 Å². The number of fused-ring (bicyclic) bond motifs is 1. The summed E-state index contributed by atoms with van der Waals surface area (Å²) < 4.78 is 60.9. The van der Waals surface area contributed by atoms with Gasteiger partial charge in [0.05, 0.1) is 42.3 Å². The molecular formula is C24H25F2N5O5S. The van der Waals surface area contributed by atoms with E-state index in [1.807, 2.05) is 12.1 Å². The molecule has 1 aromatic heterocycles. The fourth-order valence-corrected chi connectivity index (χ4v) is 4.96. The van der Waals surface area contributed by atoms with Crippen molar-refractivity contribution >= 4 is 33.4 Å². The summed E-state index contributed by atoms with van der Waals surface area (Å²) in [5.74, 6) is -4.49. The quantitative estimate of drug-likeness (QED) is 0.324. The smallest absolute Gasteiger partial charge is 0.335 e. The van der Waals surface area contributed by atoms with Gasteiger partial charge in [0.25, 0.3) is 5.92 Å². The Balaban J connectivity index is 1.70. The number of rotatable bonds is 9. The molecule has 0 spiro atoms. The molecule has 10 nitrogen and oxygen atoms in total. The van der Waals surface area contributed by atoms with E-state index in [0.717, 1.165) is 23.6 Å². The summed E-state index contributed by atoms with van der Waals surface area (Å²) in [6.45, 7) is 0.716. The number of methoxy groups -OCH3 is 1. The molecule has 13 heteroatoms. The topological polar surface area (TPSA) is 143 Å². The van der Waals surface area contributed by atoms with Crippen LogP contribution in [0.2, 0.25) is 0 Å². The van der Waals surface area contributed by atoms with Gasteiger partial charge in [-0.15, -0.1) is 0 Å². The third kappa shape index (κ3) is 5.94. The van der Waals surface area contributed by atoms with Crippen LogP contribution in [0.3, 0.4) is 0 Å². The minimum atomic E-state index is -3.62. The molecule has 4 N–H and O–H groups in total. The maximum absolute atomic E-state index is 14.5. The fraction of sp³-hybridized carbons (Fsp3) is 0.292. The summed E-state index contributed by atoms with van der Waals surface area (Å²) in [6, 6.07) is 10.0. The number of anilines is 3. The minimum Gasteiger partial charge on any atom is -0.495 e. The van der Waals surface area contributed by atoms with E-state index in [9.17, 15) is 27.1 Å². The first-order chi connectivity index (χ1) is 17.4. The van der Waals surface area contributed by atoms with Gasteiger partial charge in [-0.25, -0.2) is 31.7 Å². The number of sulfonamides is 1. The van der Waals surface area contributed by atoms with Gasteiger partial charge < -0.3 is 20.5 Å². The van der Waals surface area contributed by atoms with Crippen LogP contribution in [0.5, 0.6) is 5.75 Å². The highest BCUT2D eigenvalue weighted by Crippen LogP contribution is 2.38. The van der Waals surface area contributed by atoms with Crippen molar-refractivity contribution in [3.63, 3.8) is 0 Å². The monoisotopic (exact) mass is 533 g/mol. The van der Waals surface area contributed by atoms with Gasteiger partial charge in [-0.2, -0.15) is 4.98 Å². The van der Waals surface area contributed by atoms with Gasteiger partial charge in [-0.1, -0.05) is 24.3 Å². The standard InChI is InChI=1S/C24H25F2N5O5S/c1-24(25,26)16-12-27-23(29-17-9-8-14(22(32)33)11-19(17)36-2)30-21(16)28-18-10-13-6-4-5-7-15(13)20(18)31-37(3,34)35/h4-9,11-12,18,20,31H,10H2,1-3H3,(H,32,33)(H2,27,28,29,30). The molecule has 2 unspecified atom stereocenters. The molecule has 196 valence electrons. The molecule has 0 amide bonds. The number of nitrogens with one attached hydrogen (secondary N) is 3. The first-order valence-electron chi connectivity index (χ1n) is 11.1. The molecule has 37 heavy (non-hydrogen) atoms. The average molecular weight is 534 g/mol. The number of alkyl halides is 2. The molecule has 3 aromatic rings. The molecular weight excluding hydrogens is 508 g/mol. The third-order valence-corrected chi connectivity index (χ3v) is 6.53. The van der Waals surface area contributed by atoms with Crippen molar-refractivity contribution in [3.8, 4) is 5.75 Å². The number of carboxylic acid groups (broad SMARTS) is 1. The van der Waals surface area contributed by atoms with E-state index in [0.29, 0.717) is 19.0 Å². The molecule has 0 fully saturated rings. The minimum absolute atomic E-state index is 0.00290. The molecule has 2 atom stereocenters. The van der Waals surface area contributed by atoms with Gasteiger partial charge >= 0.3 is 5.97 Å². The second-order valence-corrected chi connectivity index (χ2v) is 10.5. The van der Waals surface area contributed by atoms with Crippen LogP contribution in [0.15, 0.2) is 48.7 Å². The normalized spacial score (nSPS) is 17.2. The molecule has 0 saturated carbocycles. The van der Waals surface area contributed by atoms with Gasteiger partial charge in [-0.3, -0.25) is 0 Å². The van der Waals surface area contributed by atoms with Crippen LogP contribution in [0.25, 0.3) is 0 Å². The van der Waals surface area contributed by atoms with Crippen LogP contribution >= 0.6 is 0 Å². The molecule has 4 rings (SSSR count). The number of nitrogens with zero attached hydrogens (tertiary/aromatic N) is 2. The molecule has 2 aromatic carbocycles. The lowest BCUT2D eigenvalue weighted by Crippen LogP contribution is -2.38. The van der Waals surface area contributed by atoms with Gasteiger partial charge in [0.15, 0.2) is 0 Å². The Kier molecular flexibility index (Phi) is 7.02. The molecule has 1 aliphatic carbocycles. The lowest BCUT2D eigenvalue weighted by molar-refractivity contribution is 0.0175. The first kappa shape index (κ1) is 26.2. The summed E-state index contributed by atoms with van der Waals surface area (Å²) in [6.07, 6.45) is 2.39. The van der Waals surface area contributed by atoms with Crippen LogP contribution in [0.1, 0.15) is 40.0 Å². The van der Waals surface area contributed by atoms with E-state index in [2.05, 4.69) is 25.3 Å². The highest BCUT2D eigenvalue weighted by molar-refractivity contribution is 7.88. The van der Waals surface area contributed by atoms with E-state index in [1.54, 1.807) is 12.1 Å². The molecule has 0 radical (unpaired) electrons. The van der Waals surface area contributed by atoms with E-state index in [1.165, 1.54) is 25.3 Å². The number of hydrogen-bond acceptors (Lipinski definition) is 8. The van der Waals surface area contributed by atoms with E-state index in [4.69, 9.17) is 4.74 Å². The zero-order valence-corrected chi connectivity index (χ0v) is 20.9. The predicted octanol–water partition coefficient (Wildman–Crippen LogP) is 3.67. The molecule has 0 saturated heterocycles. The Morgan fingerprint density at radius 3 is 2.59 bits per heavy atom. The van der Waals surface area contributed by atoms with Crippen molar-refractivity contribution in [1.29, 1.82) is 0 Å². The summed E-state index contributed by atoms with van der Waals surface area (Å²) >= 11 is 0. The van der Waals surface area contributed by atoms with Gasteiger partial charge in [-0.05, 0) is 35.7 Å². The number of benzene rings is 2. The highest BCUT2D eigenvalue weighted by atomic mass is 32.2. The second kappa shape index (κ2) is 9.90. The summed E-state index contributed by atoms with van der Waals surface area (Å²) in [4.78, 5) is 19.5. The molecule has 1 aliphatic rings. The predicted molar refractivity (Wildman–Crippen MR) is 133 cm³/mol. The van der Waals surface area contributed by atoms with Crippen LogP contribution < -0.4 is 20.1 Å². The highest BCUT2D eigenvalue weighted by Gasteiger charge is 2.37. The Labute approximate surface area is 212 Å². The number of aromatic nitrogens is 2. The van der Waals surface area contributed by atoms with Crippen molar-refractivity contribution in [2.75, 3.05) is 24.0 Å². The Bertz CT molecular complexity index is 1450. The number of ether oxygens (including phenoxy) is 1. The van der Waals surface area contributed by atoms with Gasteiger partial charge in [0.2, 0.25) is 16.0 Å². The average Bonchev–Trinajstić information content (AvgIpc) is 3.14. The van der Waals surface area contributed by atoms with E-state index < -0.39 is 39.6 Å². The Morgan fingerprint density at radius 1 is 1.22 bits per heavy atom. The zero-order valence-electron chi connectivity index (χ0n) is 20.1. The third-order valence-electron chi connectivity index (χ3n) is 5.85. The molecule has 0 aliphatic heterocycles. The lowest BCUT2D eigenvalue weighted by atomic mass is 10.1. The van der Waals surface area contributed by atoms with Crippen LogP contribution in [-0.4, -0.2) is 48.9 Å².